The van der Waals surface area contributed by atoms with Gasteiger partial charge < -0.3 is 10.4 Å². The molecule has 0 aliphatic carbocycles. The number of hydrogen-bond donors (Lipinski definition) is 2. The molecule has 0 saturated carbocycles. The van der Waals surface area contributed by atoms with Gasteiger partial charge in [0.25, 0.3) is 0 Å². The lowest BCUT2D eigenvalue weighted by atomic mass is 9.94. The van der Waals surface area contributed by atoms with Gasteiger partial charge in [0.05, 0.1) is 5.92 Å². The summed E-state index contributed by atoms with van der Waals surface area (Å²) in [6, 6.07) is 5.93. The number of carboxylic acids is 1. The second-order valence-electron chi connectivity index (χ2n) is 3.89. The van der Waals surface area contributed by atoms with Crippen LogP contribution in [0, 0.1) is 0 Å². The van der Waals surface area contributed by atoms with Gasteiger partial charge in [-0.2, -0.15) is 0 Å². The Bertz CT molecular complexity index is 387. The molecule has 0 fully saturated rings. The molecule has 80 valence electrons. The first kappa shape index (κ1) is 10.0. The van der Waals surface area contributed by atoms with Gasteiger partial charge in [-0.3, -0.25) is 4.79 Å². The molecule has 1 aliphatic rings. The molecule has 3 heteroatoms. The van der Waals surface area contributed by atoms with Gasteiger partial charge in [0.15, 0.2) is 0 Å². The Balaban J connectivity index is 2.32. The zero-order valence-electron chi connectivity index (χ0n) is 8.79. The second kappa shape index (κ2) is 3.93. The number of carbonyl (C=O) groups is 1. The van der Waals surface area contributed by atoms with Gasteiger partial charge >= 0.3 is 5.97 Å². The Kier molecular flexibility index (Phi) is 2.62. The van der Waals surface area contributed by atoms with Crippen molar-refractivity contribution in [2.75, 3.05) is 11.9 Å². The molecule has 1 aromatic rings. The second-order valence-corrected chi connectivity index (χ2v) is 3.89. The van der Waals surface area contributed by atoms with E-state index in [4.69, 9.17) is 5.11 Å². The first-order valence-electron chi connectivity index (χ1n) is 5.32. The zero-order chi connectivity index (χ0) is 10.8. The highest BCUT2D eigenvalue weighted by Crippen LogP contribution is 2.28. The summed E-state index contributed by atoms with van der Waals surface area (Å²) in [4.78, 5) is 11.0. The van der Waals surface area contributed by atoms with Crippen LogP contribution in [-0.4, -0.2) is 17.6 Å². The van der Waals surface area contributed by atoms with Crippen LogP contribution >= 0.6 is 0 Å². The number of benzene rings is 1. The van der Waals surface area contributed by atoms with Gasteiger partial charge in [-0.25, -0.2) is 0 Å². The van der Waals surface area contributed by atoms with Crippen molar-refractivity contribution >= 4 is 11.7 Å². The maximum absolute atomic E-state index is 11.0. The number of hydrogen-bond acceptors (Lipinski definition) is 2. The van der Waals surface area contributed by atoms with E-state index >= 15 is 0 Å². The van der Waals surface area contributed by atoms with Crippen molar-refractivity contribution in [3.63, 3.8) is 0 Å². The van der Waals surface area contributed by atoms with Crippen molar-refractivity contribution in [3.05, 3.63) is 29.3 Å². The molecule has 1 atom stereocenters. The number of aliphatic carboxylic acids is 1. The fourth-order valence-electron chi connectivity index (χ4n) is 2.09. The molecule has 0 saturated heterocycles. The summed E-state index contributed by atoms with van der Waals surface area (Å²) >= 11 is 0. The molecular formula is C12H15NO2. The Morgan fingerprint density at radius 3 is 3.07 bits per heavy atom. The fourth-order valence-corrected chi connectivity index (χ4v) is 2.09. The number of carboxylic acid groups (broad SMARTS) is 1. The molecule has 15 heavy (non-hydrogen) atoms. The zero-order valence-corrected chi connectivity index (χ0v) is 8.79. The smallest absolute Gasteiger partial charge is 0.310 e. The van der Waals surface area contributed by atoms with Crippen molar-refractivity contribution in [1.29, 1.82) is 0 Å². The molecule has 1 heterocycles. The molecule has 0 aromatic heterocycles. The summed E-state index contributed by atoms with van der Waals surface area (Å²) in [5.41, 5.74) is 3.32. The van der Waals surface area contributed by atoms with Gasteiger partial charge in [0.1, 0.15) is 0 Å². The summed E-state index contributed by atoms with van der Waals surface area (Å²) in [5.74, 6) is -1.10. The predicted octanol–water partition coefficient (Wildman–Crippen LogP) is 2.23. The molecule has 0 bridgehead atoms. The number of rotatable bonds is 3. The third-order valence-corrected chi connectivity index (χ3v) is 2.95. The molecule has 2 N–H and O–H groups in total. The van der Waals surface area contributed by atoms with Gasteiger partial charge in [-0.1, -0.05) is 19.1 Å². The summed E-state index contributed by atoms with van der Waals surface area (Å²) in [6.45, 7) is 2.87. The highest BCUT2D eigenvalue weighted by Gasteiger charge is 2.19. The maximum Gasteiger partial charge on any atom is 0.310 e. The summed E-state index contributed by atoms with van der Waals surface area (Å²) in [6.07, 6.45) is 1.64. The minimum atomic E-state index is -0.733. The van der Waals surface area contributed by atoms with Gasteiger partial charge in [0, 0.05) is 12.2 Å². The lowest BCUT2D eigenvalue weighted by Crippen LogP contribution is -2.10. The Morgan fingerprint density at radius 1 is 1.60 bits per heavy atom. The van der Waals surface area contributed by atoms with Crippen molar-refractivity contribution < 1.29 is 9.90 Å². The predicted molar refractivity (Wildman–Crippen MR) is 59.3 cm³/mol. The van der Waals surface area contributed by atoms with Crippen LogP contribution in [0.15, 0.2) is 18.2 Å². The molecule has 3 nitrogen and oxygen atoms in total. The number of nitrogens with one attached hydrogen (secondary N) is 1. The third kappa shape index (κ3) is 1.82. The van der Waals surface area contributed by atoms with Crippen LogP contribution in [0.1, 0.15) is 30.4 Å². The summed E-state index contributed by atoms with van der Waals surface area (Å²) in [5, 5.41) is 12.3. The maximum atomic E-state index is 11.0. The normalized spacial score (nSPS) is 15.5. The molecule has 1 aliphatic heterocycles. The first-order chi connectivity index (χ1) is 7.22. The minimum Gasteiger partial charge on any atom is -0.481 e. The SMILES string of the molecule is CCC(C(=O)O)c1ccc2c(c1)CCN2. The lowest BCUT2D eigenvalue weighted by Gasteiger charge is -2.11. The van der Waals surface area contributed by atoms with Crippen LogP contribution in [0.4, 0.5) is 5.69 Å². The Labute approximate surface area is 89.1 Å². The van der Waals surface area contributed by atoms with Crippen molar-refractivity contribution in [1.82, 2.24) is 0 Å². The van der Waals surface area contributed by atoms with E-state index in [2.05, 4.69) is 5.32 Å². The van der Waals surface area contributed by atoms with E-state index < -0.39 is 5.97 Å². The number of anilines is 1. The van der Waals surface area contributed by atoms with Gasteiger partial charge in [-0.15, -0.1) is 0 Å². The first-order valence-corrected chi connectivity index (χ1v) is 5.32. The van der Waals surface area contributed by atoms with E-state index in [1.54, 1.807) is 0 Å². The summed E-state index contributed by atoms with van der Waals surface area (Å²) in [7, 11) is 0. The van der Waals surface area contributed by atoms with E-state index in [1.165, 1.54) is 5.56 Å². The van der Waals surface area contributed by atoms with E-state index in [-0.39, 0.29) is 5.92 Å². The average molecular weight is 205 g/mol. The Hall–Kier alpha value is -1.51. The molecule has 2 rings (SSSR count). The van der Waals surface area contributed by atoms with Gasteiger partial charge in [-0.05, 0) is 30.0 Å². The van der Waals surface area contributed by atoms with Crippen LogP contribution < -0.4 is 5.32 Å². The highest BCUT2D eigenvalue weighted by molar-refractivity contribution is 5.76. The average Bonchev–Trinajstić information content (AvgIpc) is 2.65. The molecule has 0 radical (unpaired) electrons. The van der Waals surface area contributed by atoms with Crippen molar-refractivity contribution in [2.45, 2.75) is 25.7 Å². The topological polar surface area (TPSA) is 49.3 Å². The third-order valence-electron chi connectivity index (χ3n) is 2.95. The van der Waals surface area contributed by atoms with Crippen LogP contribution in [0.5, 0.6) is 0 Å². The quantitative estimate of drug-likeness (QED) is 0.795. The van der Waals surface area contributed by atoms with E-state index in [0.717, 1.165) is 24.2 Å². The van der Waals surface area contributed by atoms with E-state index in [1.807, 2.05) is 25.1 Å². The van der Waals surface area contributed by atoms with Crippen LogP contribution in [0.25, 0.3) is 0 Å². The standard InChI is InChI=1S/C12H15NO2/c1-2-10(12(14)15)8-3-4-11-9(7-8)5-6-13-11/h3-4,7,10,13H,2,5-6H2,1H3,(H,14,15). The van der Waals surface area contributed by atoms with Crippen LogP contribution in [0.3, 0.4) is 0 Å². The fraction of sp³-hybridized carbons (Fsp3) is 0.417. The highest BCUT2D eigenvalue weighted by atomic mass is 16.4. The molecular weight excluding hydrogens is 190 g/mol. The van der Waals surface area contributed by atoms with E-state index in [0.29, 0.717) is 6.42 Å². The number of fused-ring (bicyclic) bond motifs is 1. The van der Waals surface area contributed by atoms with Gasteiger partial charge in [0.2, 0.25) is 0 Å². The molecule has 0 amide bonds. The Morgan fingerprint density at radius 2 is 2.40 bits per heavy atom. The monoisotopic (exact) mass is 205 g/mol. The molecule has 1 aromatic carbocycles. The minimum absolute atomic E-state index is 0.365. The van der Waals surface area contributed by atoms with Crippen LogP contribution in [-0.2, 0) is 11.2 Å². The largest absolute Gasteiger partial charge is 0.481 e. The molecule has 1 unspecified atom stereocenters. The van der Waals surface area contributed by atoms with Crippen molar-refractivity contribution in [3.8, 4) is 0 Å². The van der Waals surface area contributed by atoms with Crippen LogP contribution in [0.2, 0.25) is 0 Å². The molecule has 0 spiro atoms. The summed E-state index contributed by atoms with van der Waals surface area (Å²) < 4.78 is 0. The van der Waals surface area contributed by atoms with E-state index in [9.17, 15) is 4.79 Å². The lowest BCUT2D eigenvalue weighted by molar-refractivity contribution is -0.138. The van der Waals surface area contributed by atoms with Crippen molar-refractivity contribution in [2.24, 2.45) is 0 Å².